The van der Waals surface area contributed by atoms with Gasteiger partial charge in [0.1, 0.15) is 5.01 Å². The molecule has 3 N–H and O–H groups in total. The van der Waals surface area contributed by atoms with E-state index in [-0.39, 0.29) is 17.9 Å². The summed E-state index contributed by atoms with van der Waals surface area (Å²) in [5.41, 5.74) is 0.512. The molecule has 0 aliphatic rings. The Bertz CT molecular complexity index is 791. The summed E-state index contributed by atoms with van der Waals surface area (Å²) in [6, 6.07) is 7.67. The number of carbonyl (C=O) groups is 2. The standard InChI is InChI=1S/C13H10N4O3S/c18-12(10-11(13(19)20)16-6-15-10)14-5-9-17-7-3-1-2-4-8(7)21-9/h1-4,6H,5H2,(H,14,18)(H,15,16)(H,19,20). The fraction of sp³-hybridized carbons (Fsp3) is 0.0769. The Morgan fingerprint density at radius 1 is 1.33 bits per heavy atom. The number of benzene rings is 1. The van der Waals surface area contributed by atoms with E-state index in [2.05, 4.69) is 20.3 Å². The molecule has 0 unspecified atom stereocenters. The summed E-state index contributed by atoms with van der Waals surface area (Å²) in [4.78, 5) is 33.4. The summed E-state index contributed by atoms with van der Waals surface area (Å²) >= 11 is 1.48. The molecule has 21 heavy (non-hydrogen) atoms. The highest BCUT2D eigenvalue weighted by Gasteiger charge is 2.19. The third kappa shape index (κ3) is 2.61. The molecule has 0 spiro atoms. The van der Waals surface area contributed by atoms with Gasteiger partial charge in [0.2, 0.25) is 0 Å². The number of para-hydroxylation sites is 1. The molecule has 0 bridgehead atoms. The van der Waals surface area contributed by atoms with Crippen molar-refractivity contribution >= 4 is 33.4 Å². The van der Waals surface area contributed by atoms with Crippen LogP contribution in [0.2, 0.25) is 0 Å². The van der Waals surface area contributed by atoms with Crippen LogP contribution in [-0.2, 0) is 6.54 Å². The van der Waals surface area contributed by atoms with Gasteiger partial charge in [0.25, 0.3) is 5.91 Å². The lowest BCUT2D eigenvalue weighted by atomic mass is 10.3. The Morgan fingerprint density at radius 2 is 2.14 bits per heavy atom. The van der Waals surface area contributed by atoms with Crippen molar-refractivity contribution in [3.63, 3.8) is 0 Å². The zero-order valence-electron chi connectivity index (χ0n) is 10.7. The van der Waals surface area contributed by atoms with E-state index in [1.807, 2.05) is 24.3 Å². The highest BCUT2D eigenvalue weighted by Crippen LogP contribution is 2.21. The van der Waals surface area contributed by atoms with Crippen LogP contribution in [0.1, 0.15) is 26.0 Å². The highest BCUT2D eigenvalue weighted by atomic mass is 32.1. The maximum Gasteiger partial charge on any atom is 0.354 e. The number of fused-ring (bicyclic) bond motifs is 1. The van der Waals surface area contributed by atoms with Crippen LogP contribution >= 0.6 is 11.3 Å². The lowest BCUT2D eigenvalue weighted by Crippen LogP contribution is -2.25. The lowest BCUT2D eigenvalue weighted by molar-refractivity contribution is 0.0685. The fourth-order valence-corrected chi connectivity index (χ4v) is 2.77. The van der Waals surface area contributed by atoms with Crippen LogP contribution in [-0.4, -0.2) is 31.9 Å². The summed E-state index contributed by atoms with van der Waals surface area (Å²) in [5, 5.41) is 12.3. The van der Waals surface area contributed by atoms with Gasteiger partial charge in [-0.15, -0.1) is 11.3 Å². The van der Waals surface area contributed by atoms with Gasteiger partial charge in [-0.3, -0.25) is 4.79 Å². The van der Waals surface area contributed by atoms with Crippen molar-refractivity contribution in [2.24, 2.45) is 0 Å². The molecule has 0 saturated heterocycles. The third-order valence-corrected chi connectivity index (χ3v) is 3.84. The van der Waals surface area contributed by atoms with Crippen molar-refractivity contribution in [2.45, 2.75) is 6.54 Å². The fourth-order valence-electron chi connectivity index (χ4n) is 1.86. The molecule has 3 aromatic rings. The van der Waals surface area contributed by atoms with Crippen LogP contribution in [0.3, 0.4) is 0 Å². The van der Waals surface area contributed by atoms with E-state index in [0.29, 0.717) is 0 Å². The van der Waals surface area contributed by atoms with E-state index < -0.39 is 11.9 Å². The molecule has 1 amide bonds. The van der Waals surface area contributed by atoms with Gasteiger partial charge in [0.05, 0.1) is 23.1 Å². The second kappa shape index (κ2) is 5.33. The lowest BCUT2D eigenvalue weighted by Gasteiger charge is -2.01. The van der Waals surface area contributed by atoms with Crippen LogP contribution in [0.4, 0.5) is 0 Å². The number of rotatable bonds is 4. The summed E-state index contributed by atoms with van der Waals surface area (Å²) in [6.45, 7) is 0.226. The van der Waals surface area contributed by atoms with E-state index in [1.165, 1.54) is 17.7 Å². The van der Waals surface area contributed by atoms with Gasteiger partial charge in [0.15, 0.2) is 11.4 Å². The molecule has 0 saturated carbocycles. The number of H-pyrrole nitrogens is 1. The van der Waals surface area contributed by atoms with Crippen LogP contribution in [0.25, 0.3) is 10.2 Å². The summed E-state index contributed by atoms with van der Waals surface area (Å²) < 4.78 is 1.03. The van der Waals surface area contributed by atoms with Gasteiger partial charge in [-0.25, -0.2) is 14.8 Å². The average molecular weight is 302 g/mol. The zero-order valence-corrected chi connectivity index (χ0v) is 11.5. The van der Waals surface area contributed by atoms with Crippen molar-refractivity contribution in [1.29, 1.82) is 0 Å². The molecule has 106 valence electrons. The Labute approximate surface area is 122 Å². The number of thiazole rings is 1. The molecule has 8 heteroatoms. The predicted molar refractivity (Wildman–Crippen MR) is 76.3 cm³/mol. The molecule has 2 heterocycles. The number of amides is 1. The molecule has 1 aromatic carbocycles. The molecule has 0 aliphatic heterocycles. The number of nitrogens with one attached hydrogen (secondary N) is 2. The monoisotopic (exact) mass is 302 g/mol. The van der Waals surface area contributed by atoms with Crippen LogP contribution < -0.4 is 5.32 Å². The van der Waals surface area contributed by atoms with Gasteiger partial charge in [-0.05, 0) is 12.1 Å². The van der Waals surface area contributed by atoms with Crippen molar-refractivity contribution < 1.29 is 14.7 Å². The van der Waals surface area contributed by atoms with Crippen molar-refractivity contribution in [1.82, 2.24) is 20.3 Å². The summed E-state index contributed by atoms with van der Waals surface area (Å²) in [5.74, 6) is -1.77. The maximum absolute atomic E-state index is 11.9. The average Bonchev–Trinajstić information content (AvgIpc) is 3.10. The number of imidazole rings is 1. The van der Waals surface area contributed by atoms with E-state index in [1.54, 1.807) is 0 Å². The number of aromatic amines is 1. The van der Waals surface area contributed by atoms with E-state index in [0.717, 1.165) is 15.2 Å². The van der Waals surface area contributed by atoms with Gasteiger partial charge < -0.3 is 15.4 Å². The second-order valence-electron chi connectivity index (χ2n) is 4.19. The van der Waals surface area contributed by atoms with E-state index in [9.17, 15) is 9.59 Å². The number of hydrogen-bond donors (Lipinski definition) is 3. The molecular weight excluding hydrogens is 292 g/mol. The molecule has 0 atom stereocenters. The quantitative estimate of drug-likeness (QED) is 0.679. The van der Waals surface area contributed by atoms with Gasteiger partial charge in [-0.2, -0.15) is 0 Å². The number of aromatic nitrogens is 3. The SMILES string of the molecule is O=C(NCc1nc2ccccc2s1)c1nc[nH]c1C(=O)O. The third-order valence-electron chi connectivity index (χ3n) is 2.81. The zero-order chi connectivity index (χ0) is 14.8. The highest BCUT2D eigenvalue weighted by molar-refractivity contribution is 7.18. The number of carboxylic acid groups (broad SMARTS) is 1. The molecule has 0 radical (unpaired) electrons. The largest absolute Gasteiger partial charge is 0.477 e. The minimum absolute atomic E-state index is 0.136. The van der Waals surface area contributed by atoms with Gasteiger partial charge in [-0.1, -0.05) is 12.1 Å². The Morgan fingerprint density at radius 3 is 2.90 bits per heavy atom. The molecule has 7 nitrogen and oxygen atoms in total. The maximum atomic E-state index is 11.9. The Balaban J connectivity index is 1.73. The molecular formula is C13H10N4O3S. The number of nitrogens with zero attached hydrogens (tertiary/aromatic N) is 2. The topological polar surface area (TPSA) is 108 Å². The van der Waals surface area contributed by atoms with Crippen LogP contribution in [0.5, 0.6) is 0 Å². The number of aromatic carboxylic acids is 1. The number of hydrogen-bond acceptors (Lipinski definition) is 5. The van der Waals surface area contributed by atoms with Crippen LogP contribution in [0.15, 0.2) is 30.6 Å². The number of carboxylic acids is 1. The van der Waals surface area contributed by atoms with Crippen molar-refractivity contribution in [2.75, 3.05) is 0 Å². The molecule has 3 rings (SSSR count). The minimum atomic E-state index is -1.22. The Kier molecular flexibility index (Phi) is 3.36. The minimum Gasteiger partial charge on any atom is -0.477 e. The predicted octanol–water partition coefficient (Wildman–Crippen LogP) is 1.65. The molecule has 0 aliphatic carbocycles. The first-order valence-electron chi connectivity index (χ1n) is 6.04. The molecule has 2 aromatic heterocycles. The van der Waals surface area contributed by atoms with E-state index in [4.69, 9.17) is 5.11 Å². The summed E-state index contributed by atoms with van der Waals surface area (Å²) in [7, 11) is 0. The van der Waals surface area contributed by atoms with Crippen LogP contribution in [0, 0.1) is 0 Å². The van der Waals surface area contributed by atoms with Gasteiger partial charge >= 0.3 is 5.97 Å². The Hall–Kier alpha value is -2.74. The first kappa shape index (κ1) is 13.3. The molecule has 0 fully saturated rings. The smallest absolute Gasteiger partial charge is 0.354 e. The summed E-state index contributed by atoms with van der Waals surface area (Å²) in [6.07, 6.45) is 1.18. The first-order chi connectivity index (χ1) is 10.1. The first-order valence-corrected chi connectivity index (χ1v) is 6.86. The van der Waals surface area contributed by atoms with Gasteiger partial charge in [0, 0.05) is 0 Å². The van der Waals surface area contributed by atoms with Crippen molar-refractivity contribution in [3.05, 3.63) is 47.0 Å². The normalized spacial score (nSPS) is 10.7. The second-order valence-corrected chi connectivity index (χ2v) is 5.30. The van der Waals surface area contributed by atoms with Crippen molar-refractivity contribution in [3.8, 4) is 0 Å². The number of carbonyl (C=O) groups excluding carboxylic acids is 1. The van der Waals surface area contributed by atoms with E-state index >= 15 is 0 Å².